The lowest BCUT2D eigenvalue weighted by molar-refractivity contribution is 0.737. The van der Waals surface area contributed by atoms with Gasteiger partial charge in [-0.2, -0.15) is 10.2 Å². The topological polar surface area (TPSA) is 90.3 Å². The predicted molar refractivity (Wildman–Crippen MR) is 143 cm³/mol. The van der Waals surface area contributed by atoms with Gasteiger partial charge in [0.25, 0.3) is 0 Å². The molecule has 178 valence electrons. The van der Waals surface area contributed by atoms with Crippen LogP contribution in [-0.4, -0.2) is 24.1 Å². The Hall–Kier alpha value is -3.37. The highest BCUT2D eigenvalue weighted by molar-refractivity contribution is 7.19. The molecule has 3 aromatic rings. The van der Waals surface area contributed by atoms with Crippen LogP contribution in [0.5, 0.6) is 0 Å². The third-order valence-electron chi connectivity index (χ3n) is 5.84. The molecule has 0 N–H and O–H groups in total. The van der Waals surface area contributed by atoms with Crippen LogP contribution in [0.3, 0.4) is 0 Å². The Labute approximate surface area is 212 Å². The SMILES string of the molecule is CC1=C(/N=N/c2nccs2)C=CC(/N=N/c2ccc(/N=N/c3ccc(N4CCCC4)s3)cc2C)C1. The molecule has 1 aliphatic carbocycles. The zero-order valence-corrected chi connectivity index (χ0v) is 21.3. The first kappa shape index (κ1) is 23.4. The molecule has 1 fully saturated rings. The molecular formula is C25H26N8S2. The lowest BCUT2D eigenvalue weighted by Crippen LogP contribution is -2.15. The van der Waals surface area contributed by atoms with E-state index in [9.17, 15) is 0 Å². The van der Waals surface area contributed by atoms with E-state index in [1.165, 1.54) is 29.2 Å². The summed E-state index contributed by atoms with van der Waals surface area (Å²) in [5, 5.41) is 31.1. The molecule has 0 bridgehead atoms. The van der Waals surface area contributed by atoms with E-state index in [1.54, 1.807) is 17.5 Å². The monoisotopic (exact) mass is 502 g/mol. The van der Waals surface area contributed by atoms with E-state index in [-0.39, 0.29) is 6.04 Å². The molecule has 3 heterocycles. The van der Waals surface area contributed by atoms with Crippen molar-refractivity contribution in [3.63, 3.8) is 0 Å². The van der Waals surface area contributed by atoms with Crippen LogP contribution in [0.1, 0.15) is 31.7 Å². The van der Waals surface area contributed by atoms with Gasteiger partial charge < -0.3 is 4.90 Å². The van der Waals surface area contributed by atoms with Crippen molar-refractivity contribution in [3.8, 4) is 0 Å². The molecule has 1 saturated heterocycles. The summed E-state index contributed by atoms with van der Waals surface area (Å²) < 4.78 is 0. The smallest absolute Gasteiger partial charge is 0.229 e. The average Bonchev–Trinajstić information content (AvgIpc) is 3.64. The van der Waals surface area contributed by atoms with Crippen LogP contribution in [0.4, 0.5) is 26.5 Å². The summed E-state index contributed by atoms with van der Waals surface area (Å²) in [6.45, 7) is 6.34. The van der Waals surface area contributed by atoms with Gasteiger partial charge in [-0.15, -0.1) is 31.8 Å². The molecule has 1 aromatic carbocycles. The lowest BCUT2D eigenvalue weighted by atomic mass is 10.0. The summed E-state index contributed by atoms with van der Waals surface area (Å²) in [5.41, 5.74) is 4.64. The Morgan fingerprint density at radius 1 is 0.971 bits per heavy atom. The fraction of sp³-hybridized carbons (Fsp3) is 0.320. The molecule has 0 radical (unpaired) electrons. The van der Waals surface area contributed by atoms with Gasteiger partial charge in [-0.25, -0.2) is 4.98 Å². The van der Waals surface area contributed by atoms with Gasteiger partial charge in [-0.05, 0) is 80.7 Å². The second kappa shape index (κ2) is 10.9. The molecule has 8 nitrogen and oxygen atoms in total. The second-order valence-corrected chi connectivity index (χ2v) is 10.4. The lowest BCUT2D eigenvalue weighted by Gasteiger charge is -2.13. The van der Waals surface area contributed by atoms with Crippen molar-refractivity contribution in [2.75, 3.05) is 18.0 Å². The van der Waals surface area contributed by atoms with Crippen molar-refractivity contribution in [2.24, 2.45) is 30.7 Å². The molecule has 2 aromatic heterocycles. The van der Waals surface area contributed by atoms with Crippen LogP contribution in [-0.2, 0) is 0 Å². The predicted octanol–water partition coefficient (Wildman–Crippen LogP) is 9.00. The average molecular weight is 503 g/mol. The van der Waals surface area contributed by atoms with Gasteiger partial charge in [0, 0.05) is 24.7 Å². The van der Waals surface area contributed by atoms with E-state index in [1.807, 2.05) is 48.7 Å². The molecule has 0 amide bonds. The Bertz CT molecular complexity index is 1310. The normalized spacial score (nSPS) is 18.8. The summed E-state index contributed by atoms with van der Waals surface area (Å²) >= 11 is 3.15. The minimum absolute atomic E-state index is 0.0174. The minimum atomic E-state index is -0.0174. The number of thiazole rings is 1. The fourth-order valence-electron chi connectivity index (χ4n) is 3.93. The van der Waals surface area contributed by atoms with Crippen molar-refractivity contribution in [1.29, 1.82) is 0 Å². The standard InChI is InChI=1S/C25H26N8S2/c1-17-16-20(28-31-23-9-10-24(35-23)33-12-3-4-13-33)6-7-21(17)29-27-19-5-8-22(18(2)15-19)30-32-25-26-11-14-34-25/h5-11,14,16,19H,3-4,12-13,15H2,1-2H3/b29-27+,31-28+,32-30+. The first-order chi connectivity index (χ1) is 17.1. The zero-order valence-electron chi connectivity index (χ0n) is 19.7. The van der Waals surface area contributed by atoms with Crippen molar-refractivity contribution in [1.82, 2.24) is 4.98 Å². The number of allylic oxidation sites excluding steroid dienone is 1. The number of aromatic nitrogens is 1. The van der Waals surface area contributed by atoms with Crippen LogP contribution in [0.25, 0.3) is 0 Å². The summed E-state index contributed by atoms with van der Waals surface area (Å²) in [4.78, 5) is 6.54. The van der Waals surface area contributed by atoms with Crippen LogP contribution >= 0.6 is 22.7 Å². The molecular weight excluding hydrogens is 476 g/mol. The first-order valence-corrected chi connectivity index (χ1v) is 13.3. The maximum Gasteiger partial charge on any atom is 0.229 e. The Kier molecular flexibility index (Phi) is 7.29. The van der Waals surface area contributed by atoms with Gasteiger partial charge in [0.15, 0.2) is 0 Å². The highest BCUT2D eigenvalue weighted by atomic mass is 32.1. The van der Waals surface area contributed by atoms with E-state index in [0.717, 1.165) is 52.7 Å². The first-order valence-electron chi connectivity index (χ1n) is 11.6. The van der Waals surface area contributed by atoms with Gasteiger partial charge in [0.2, 0.25) is 5.13 Å². The van der Waals surface area contributed by atoms with Crippen molar-refractivity contribution < 1.29 is 0 Å². The van der Waals surface area contributed by atoms with Crippen LogP contribution < -0.4 is 4.90 Å². The third kappa shape index (κ3) is 6.01. The van der Waals surface area contributed by atoms with E-state index >= 15 is 0 Å². The van der Waals surface area contributed by atoms with Gasteiger partial charge in [0.05, 0.1) is 28.1 Å². The summed E-state index contributed by atoms with van der Waals surface area (Å²) in [5.74, 6) is 0. The quantitative estimate of drug-likeness (QED) is 0.302. The number of thiophene rings is 1. The Morgan fingerprint density at radius 2 is 1.86 bits per heavy atom. The molecule has 5 rings (SSSR count). The minimum Gasteiger partial charge on any atom is -0.363 e. The van der Waals surface area contributed by atoms with Crippen molar-refractivity contribution >= 4 is 49.2 Å². The van der Waals surface area contributed by atoms with Gasteiger partial charge in [0.1, 0.15) is 5.00 Å². The number of aryl methyl sites for hydroxylation is 1. The highest BCUT2D eigenvalue weighted by Crippen LogP contribution is 2.35. The van der Waals surface area contributed by atoms with E-state index in [2.05, 4.69) is 53.6 Å². The molecule has 0 spiro atoms. The fourth-order valence-corrected chi connectivity index (χ4v) is 5.26. The molecule has 1 aliphatic heterocycles. The van der Waals surface area contributed by atoms with Crippen LogP contribution in [0.2, 0.25) is 0 Å². The number of hydrogen-bond donors (Lipinski definition) is 0. The molecule has 1 atom stereocenters. The van der Waals surface area contributed by atoms with Gasteiger partial charge in [-0.1, -0.05) is 17.4 Å². The van der Waals surface area contributed by atoms with Gasteiger partial charge in [-0.3, -0.25) is 0 Å². The number of hydrogen-bond acceptors (Lipinski definition) is 10. The maximum atomic E-state index is 4.54. The van der Waals surface area contributed by atoms with E-state index < -0.39 is 0 Å². The highest BCUT2D eigenvalue weighted by Gasteiger charge is 2.15. The van der Waals surface area contributed by atoms with E-state index in [0.29, 0.717) is 5.13 Å². The number of benzene rings is 1. The molecule has 10 heteroatoms. The van der Waals surface area contributed by atoms with Gasteiger partial charge >= 0.3 is 0 Å². The maximum absolute atomic E-state index is 4.54. The number of anilines is 1. The Morgan fingerprint density at radius 3 is 2.63 bits per heavy atom. The Balaban J connectivity index is 1.19. The van der Waals surface area contributed by atoms with Crippen LogP contribution in [0.15, 0.2) is 96.0 Å². The van der Waals surface area contributed by atoms with Crippen LogP contribution in [0, 0.1) is 6.92 Å². The number of azo groups is 3. The summed E-state index contributed by atoms with van der Waals surface area (Å²) in [6.07, 6.45) is 8.99. The zero-order chi connectivity index (χ0) is 24.0. The molecule has 1 unspecified atom stereocenters. The largest absolute Gasteiger partial charge is 0.363 e. The van der Waals surface area contributed by atoms with E-state index in [4.69, 9.17) is 0 Å². The number of rotatable bonds is 7. The van der Waals surface area contributed by atoms with Crippen molar-refractivity contribution in [3.05, 3.63) is 70.9 Å². The van der Waals surface area contributed by atoms with Crippen molar-refractivity contribution in [2.45, 2.75) is 39.2 Å². The number of nitrogens with zero attached hydrogens (tertiary/aromatic N) is 8. The third-order valence-corrected chi connectivity index (χ3v) is 7.53. The summed E-state index contributed by atoms with van der Waals surface area (Å²) in [6, 6.07) is 10.0. The molecule has 35 heavy (non-hydrogen) atoms. The molecule has 2 aliphatic rings. The summed E-state index contributed by atoms with van der Waals surface area (Å²) in [7, 11) is 0. The molecule has 0 saturated carbocycles. The second-order valence-electron chi connectivity index (χ2n) is 8.50.